The molecule has 0 aliphatic carbocycles. The van der Waals surface area contributed by atoms with Crippen LogP contribution in [0.2, 0.25) is 0 Å². The number of ether oxygens (including phenoxy) is 3. The minimum absolute atomic E-state index is 0.00753. The van der Waals surface area contributed by atoms with Crippen LogP contribution in [0.5, 0.6) is 11.5 Å². The van der Waals surface area contributed by atoms with E-state index >= 15 is 0 Å². The topological polar surface area (TPSA) is 122 Å². The van der Waals surface area contributed by atoms with Gasteiger partial charge in [0.05, 0.1) is 6.61 Å². The SMILES string of the molecule is Cc1cnc(NC(=O)OC(C)(C)C)c(OCc2cc(F)ccc2OCCCc2[nH]nc(C#N)c2C)c1. The van der Waals surface area contributed by atoms with E-state index in [1.54, 1.807) is 39.1 Å². The third-order valence-corrected chi connectivity index (χ3v) is 5.06. The van der Waals surface area contributed by atoms with Gasteiger partial charge in [0.15, 0.2) is 17.3 Å². The highest BCUT2D eigenvalue weighted by Crippen LogP contribution is 2.27. The summed E-state index contributed by atoms with van der Waals surface area (Å²) in [7, 11) is 0. The highest BCUT2D eigenvalue weighted by molar-refractivity contribution is 5.85. The van der Waals surface area contributed by atoms with E-state index in [2.05, 4.69) is 20.5 Å². The minimum atomic E-state index is -0.669. The van der Waals surface area contributed by atoms with Gasteiger partial charge in [0, 0.05) is 23.0 Å². The summed E-state index contributed by atoms with van der Waals surface area (Å²) in [4.78, 5) is 16.4. The second kappa shape index (κ2) is 11.5. The fourth-order valence-electron chi connectivity index (χ4n) is 3.32. The predicted octanol–water partition coefficient (Wildman–Crippen LogP) is 5.37. The standard InChI is InChI=1S/C26H30FN5O4/c1-16-11-23(24(29-14-16)30-25(33)36-26(3,4)5)35-15-18-12-19(27)8-9-22(18)34-10-6-7-20-17(2)21(13-28)32-31-20/h8-9,11-12,14H,6-7,10,15H2,1-5H3,(H,31,32)(H,29,30,33). The van der Waals surface area contributed by atoms with Gasteiger partial charge in [0.2, 0.25) is 0 Å². The van der Waals surface area contributed by atoms with E-state index in [9.17, 15) is 9.18 Å². The number of rotatable bonds is 9. The zero-order chi connectivity index (χ0) is 26.3. The van der Waals surface area contributed by atoms with Crippen molar-refractivity contribution in [1.29, 1.82) is 5.26 Å². The van der Waals surface area contributed by atoms with Crippen LogP contribution >= 0.6 is 0 Å². The van der Waals surface area contributed by atoms with Gasteiger partial charge in [0.1, 0.15) is 29.8 Å². The number of anilines is 1. The van der Waals surface area contributed by atoms with Crippen LogP contribution in [0, 0.1) is 31.0 Å². The lowest BCUT2D eigenvalue weighted by atomic mass is 10.1. The van der Waals surface area contributed by atoms with Crippen LogP contribution < -0.4 is 14.8 Å². The Morgan fingerprint density at radius 1 is 1.19 bits per heavy atom. The number of hydrogen-bond acceptors (Lipinski definition) is 7. The van der Waals surface area contributed by atoms with Crippen LogP contribution in [-0.4, -0.2) is 33.5 Å². The fourth-order valence-corrected chi connectivity index (χ4v) is 3.32. The number of aromatic nitrogens is 3. The third kappa shape index (κ3) is 7.43. The summed E-state index contributed by atoms with van der Waals surface area (Å²) in [6.07, 6.45) is 2.25. The van der Waals surface area contributed by atoms with Crippen LogP contribution in [0.15, 0.2) is 30.5 Å². The van der Waals surface area contributed by atoms with Crippen molar-refractivity contribution in [3.05, 3.63) is 64.4 Å². The van der Waals surface area contributed by atoms with E-state index < -0.39 is 17.5 Å². The maximum Gasteiger partial charge on any atom is 0.413 e. The second-order valence-corrected chi connectivity index (χ2v) is 9.27. The molecule has 1 aromatic carbocycles. The first-order chi connectivity index (χ1) is 17.1. The van der Waals surface area contributed by atoms with Gasteiger partial charge >= 0.3 is 6.09 Å². The van der Waals surface area contributed by atoms with Gasteiger partial charge in [0.25, 0.3) is 0 Å². The molecule has 9 nitrogen and oxygen atoms in total. The van der Waals surface area contributed by atoms with Gasteiger partial charge in [-0.15, -0.1) is 0 Å². The third-order valence-electron chi connectivity index (χ3n) is 5.06. The van der Waals surface area contributed by atoms with Gasteiger partial charge in [-0.1, -0.05) is 0 Å². The average molecular weight is 496 g/mol. The van der Waals surface area contributed by atoms with E-state index in [0.717, 1.165) is 16.8 Å². The average Bonchev–Trinajstić information content (AvgIpc) is 3.16. The Hall–Kier alpha value is -4.13. The minimum Gasteiger partial charge on any atom is -0.493 e. The second-order valence-electron chi connectivity index (χ2n) is 9.27. The van der Waals surface area contributed by atoms with Crippen molar-refractivity contribution >= 4 is 11.9 Å². The van der Waals surface area contributed by atoms with Gasteiger partial charge in [-0.3, -0.25) is 10.4 Å². The largest absolute Gasteiger partial charge is 0.493 e. The number of aromatic amines is 1. The molecule has 190 valence electrons. The number of halogens is 1. The number of benzene rings is 1. The highest BCUT2D eigenvalue weighted by Gasteiger charge is 2.19. The molecule has 0 fully saturated rings. The van der Waals surface area contributed by atoms with Crippen molar-refractivity contribution < 1.29 is 23.4 Å². The Bertz CT molecular complexity index is 1260. The number of nitrogens with one attached hydrogen (secondary N) is 2. The molecule has 0 saturated carbocycles. The summed E-state index contributed by atoms with van der Waals surface area (Å²) in [6.45, 7) is 9.34. The highest BCUT2D eigenvalue weighted by atomic mass is 19.1. The molecular weight excluding hydrogens is 465 g/mol. The summed E-state index contributed by atoms with van der Waals surface area (Å²) in [5.74, 6) is 0.574. The van der Waals surface area contributed by atoms with E-state index in [0.29, 0.717) is 42.2 Å². The van der Waals surface area contributed by atoms with Crippen LogP contribution in [-0.2, 0) is 17.8 Å². The Balaban J connectivity index is 1.65. The molecule has 10 heteroatoms. The first-order valence-electron chi connectivity index (χ1n) is 11.5. The number of carbonyl (C=O) groups excluding carboxylic acids is 1. The summed E-state index contributed by atoms with van der Waals surface area (Å²) in [6, 6.07) is 7.98. The summed E-state index contributed by atoms with van der Waals surface area (Å²) < 4.78 is 31.1. The fraction of sp³-hybridized carbons (Fsp3) is 0.385. The first kappa shape index (κ1) is 26.5. The van der Waals surface area contributed by atoms with E-state index in [4.69, 9.17) is 19.5 Å². The van der Waals surface area contributed by atoms with Crippen molar-refractivity contribution in [1.82, 2.24) is 15.2 Å². The molecule has 2 heterocycles. The Morgan fingerprint density at radius 3 is 2.67 bits per heavy atom. The quantitative estimate of drug-likeness (QED) is 0.383. The lowest BCUT2D eigenvalue weighted by molar-refractivity contribution is 0.0634. The molecule has 0 bridgehead atoms. The van der Waals surface area contributed by atoms with Crippen LogP contribution in [0.3, 0.4) is 0 Å². The van der Waals surface area contributed by atoms with E-state index in [-0.39, 0.29) is 12.4 Å². The lowest BCUT2D eigenvalue weighted by Gasteiger charge is -2.20. The number of nitrogens with zero attached hydrogens (tertiary/aromatic N) is 3. The molecule has 0 aliphatic rings. The van der Waals surface area contributed by atoms with Crippen LogP contribution in [0.4, 0.5) is 15.0 Å². The predicted molar refractivity (Wildman–Crippen MR) is 131 cm³/mol. The Morgan fingerprint density at radius 2 is 1.97 bits per heavy atom. The van der Waals surface area contributed by atoms with Crippen molar-refractivity contribution in [3.8, 4) is 17.6 Å². The maximum atomic E-state index is 14.0. The van der Waals surface area contributed by atoms with Crippen molar-refractivity contribution in [3.63, 3.8) is 0 Å². The number of hydrogen-bond donors (Lipinski definition) is 2. The number of amides is 1. The lowest BCUT2D eigenvalue weighted by Crippen LogP contribution is -2.27. The molecule has 2 N–H and O–H groups in total. The Labute approximate surface area is 209 Å². The van der Waals surface area contributed by atoms with Gasteiger partial charge in [-0.25, -0.2) is 14.2 Å². The molecule has 36 heavy (non-hydrogen) atoms. The first-order valence-corrected chi connectivity index (χ1v) is 11.5. The molecule has 0 atom stereocenters. The number of H-pyrrole nitrogens is 1. The Kier molecular flexibility index (Phi) is 8.48. The van der Waals surface area contributed by atoms with Crippen molar-refractivity contribution in [2.45, 2.75) is 59.7 Å². The molecule has 2 aromatic heterocycles. The molecule has 0 unspecified atom stereocenters. The van der Waals surface area contributed by atoms with Crippen LogP contribution in [0.25, 0.3) is 0 Å². The smallest absolute Gasteiger partial charge is 0.413 e. The number of nitriles is 1. The number of carbonyl (C=O) groups is 1. The van der Waals surface area contributed by atoms with Crippen molar-refractivity contribution in [2.75, 3.05) is 11.9 Å². The summed E-state index contributed by atoms with van der Waals surface area (Å²) in [5.41, 5.74) is 2.76. The summed E-state index contributed by atoms with van der Waals surface area (Å²) >= 11 is 0. The molecule has 3 aromatic rings. The van der Waals surface area contributed by atoms with Gasteiger partial charge in [-0.05, 0) is 77.3 Å². The van der Waals surface area contributed by atoms with Gasteiger partial charge in [-0.2, -0.15) is 10.4 Å². The van der Waals surface area contributed by atoms with Crippen molar-refractivity contribution in [2.24, 2.45) is 0 Å². The normalized spacial score (nSPS) is 11.0. The molecule has 0 saturated heterocycles. The monoisotopic (exact) mass is 495 g/mol. The van der Waals surface area contributed by atoms with Gasteiger partial charge < -0.3 is 14.2 Å². The zero-order valence-corrected chi connectivity index (χ0v) is 21.1. The van der Waals surface area contributed by atoms with E-state index in [1.165, 1.54) is 12.1 Å². The summed E-state index contributed by atoms with van der Waals surface area (Å²) in [5, 5.41) is 18.5. The molecule has 0 spiro atoms. The number of pyridine rings is 1. The maximum absolute atomic E-state index is 14.0. The molecule has 1 amide bonds. The zero-order valence-electron chi connectivity index (χ0n) is 21.1. The molecule has 0 radical (unpaired) electrons. The molecule has 0 aliphatic heterocycles. The molecule has 3 rings (SSSR count). The molecular formula is C26H30FN5O4. The van der Waals surface area contributed by atoms with Crippen LogP contribution in [0.1, 0.15) is 55.3 Å². The number of aryl methyl sites for hydroxylation is 2. The van der Waals surface area contributed by atoms with E-state index in [1.807, 2.05) is 19.9 Å².